The first-order valence-electron chi connectivity index (χ1n) is 10.0. The number of nitriles is 1. The van der Waals surface area contributed by atoms with E-state index in [0.717, 1.165) is 6.20 Å². The van der Waals surface area contributed by atoms with E-state index in [2.05, 4.69) is 30.9 Å². The minimum Gasteiger partial charge on any atom is -0.457 e. The second-order valence-corrected chi connectivity index (χ2v) is 7.35. The normalized spacial score (nSPS) is 13.4. The van der Waals surface area contributed by atoms with Crippen molar-refractivity contribution in [1.29, 1.82) is 5.26 Å². The Labute approximate surface area is 194 Å². The number of hydrogen-bond acceptors (Lipinski definition) is 9. The molecule has 14 heteroatoms. The fourth-order valence-electron chi connectivity index (χ4n) is 3.58. The molecule has 0 spiro atoms. The molecule has 0 saturated heterocycles. The second-order valence-electron chi connectivity index (χ2n) is 7.35. The fourth-order valence-corrected chi connectivity index (χ4v) is 3.58. The van der Waals surface area contributed by atoms with Gasteiger partial charge >= 0.3 is 6.18 Å². The van der Waals surface area contributed by atoms with Crippen LogP contribution in [0, 0.1) is 18.3 Å². The monoisotopic (exact) mass is 481 g/mol. The smallest absolute Gasteiger partial charge is 0.434 e. The standard InChI is InChI=1S/C21H14F3N9O2/c1-11-6-15-17(35-11)16(2-3-26-15)32-18(21(22,23)24)14(10-30-32)20(34)31-13-7-12(8-25)19(27-9-13)33-28-4-5-29-33/h2-4,6-7,9-10,29H,5H2,1H3,(H,31,34). The van der Waals surface area contributed by atoms with Crippen LogP contribution in [0.3, 0.4) is 0 Å². The molecule has 4 aromatic rings. The number of aromatic nitrogens is 4. The summed E-state index contributed by atoms with van der Waals surface area (Å²) in [5.74, 6) is -0.448. The number of pyridine rings is 2. The number of aryl methyl sites for hydroxylation is 1. The van der Waals surface area contributed by atoms with Gasteiger partial charge in [-0.05, 0) is 19.1 Å². The molecule has 0 atom stereocenters. The summed E-state index contributed by atoms with van der Waals surface area (Å²) in [6, 6.07) is 6.10. The largest absolute Gasteiger partial charge is 0.457 e. The van der Waals surface area contributed by atoms with Crippen molar-refractivity contribution in [3.8, 4) is 11.8 Å². The average Bonchev–Trinajstić information content (AvgIpc) is 3.56. The van der Waals surface area contributed by atoms with Crippen molar-refractivity contribution < 1.29 is 22.4 Å². The van der Waals surface area contributed by atoms with E-state index in [0.29, 0.717) is 22.5 Å². The first-order valence-corrected chi connectivity index (χ1v) is 10.0. The number of hydrazone groups is 1. The molecule has 1 amide bonds. The SMILES string of the molecule is Cc1cc2nccc(-n3ncc(C(=O)Nc4cnc(N5N=CCN5)c(C#N)c4)c3C(F)(F)F)c2o1. The maximum Gasteiger partial charge on any atom is 0.434 e. The number of rotatable bonds is 4. The van der Waals surface area contributed by atoms with Crippen LogP contribution >= 0.6 is 0 Å². The van der Waals surface area contributed by atoms with Crippen molar-refractivity contribution in [1.82, 2.24) is 25.2 Å². The number of amides is 1. The van der Waals surface area contributed by atoms with Crippen LogP contribution in [-0.4, -0.2) is 38.4 Å². The molecular formula is C21H14F3N9O2. The number of hydrazine groups is 1. The lowest BCUT2D eigenvalue weighted by atomic mass is 10.2. The van der Waals surface area contributed by atoms with Gasteiger partial charge < -0.3 is 9.73 Å². The molecule has 11 nitrogen and oxygen atoms in total. The summed E-state index contributed by atoms with van der Waals surface area (Å²) in [6.45, 7) is 2.08. The number of nitrogens with zero attached hydrogens (tertiary/aromatic N) is 7. The van der Waals surface area contributed by atoms with E-state index >= 15 is 0 Å². The Balaban J connectivity index is 1.52. The molecule has 0 fully saturated rings. The van der Waals surface area contributed by atoms with Crippen LogP contribution in [0.5, 0.6) is 0 Å². The molecule has 0 bridgehead atoms. The van der Waals surface area contributed by atoms with E-state index in [9.17, 15) is 23.2 Å². The van der Waals surface area contributed by atoms with E-state index in [1.807, 2.05) is 6.07 Å². The average molecular weight is 481 g/mol. The Bertz CT molecular complexity index is 1530. The highest BCUT2D eigenvalue weighted by Gasteiger charge is 2.41. The molecule has 0 saturated carbocycles. The molecule has 2 N–H and O–H groups in total. The third kappa shape index (κ3) is 3.93. The van der Waals surface area contributed by atoms with Crippen molar-refractivity contribution in [2.45, 2.75) is 13.1 Å². The molecule has 4 aromatic heterocycles. The lowest BCUT2D eigenvalue weighted by molar-refractivity contribution is -0.143. The van der Waals surface area contributed by atoms with E-state index in [4.69, 9.17) is 4.42 Å². The number of alkyl halides is 3. The minimum atomic E-state index is -4.93. The molecule has 176 valence electrons. The van der Waals surface area contributed by atoms with Gasteiger partial charge in [-0.1, -0.05) is 0 Å². The molecule has 0 unspecified atom stereocenters. The third-order valence-electron chi connectivity index (χ3n) is 5.00. The quantitative estimate of drug-likeness (QED) is 0.454. The van der Waals surface area contributed by atoms with Gasteiger partial charge in [-0.3, -0.25) is 9.78 Å². The van der Waals surface area contributed by atoms with Crippen LogP contribution in [0.4, 0.5) is 24.7 Å². The number of carbonyl (C=O) groups excluding carboxylic acids is 1. The van der Waals surface area contributed by atoms with Gasteiger partial charge in [0.15, 0.2) is 17.1 Å². The molecule has 0 aliphatic carbocycles. The molecule has 1 aliphatic heterocycles. The number of furan rings is 1. The number of nitrogens with one attached hydrogen (secondary N) is 2. The number of fused-ring (bicyclic) bond motifs is 1. The van der Waals surface area contributed by atoms with Crippen molar-refractivity contribution in [2.75, 3.05) is 17.0 Å². The summed E-state index contributed by atoms with van der Waals surface area (Å²) >= 11 is 0. The topological polar surface area (TPSA) is 137 Å². The zero-order valence-electron chi connectivity index (χ0n) is 17.8. The van der Waals surface area contributed by atoms with Crippen molar-refractivity contribution in [2.24, 2.45) is 5.10 Å². The number of hydrogen-bond donors (Lipinski definition) is 2. The second kappa shape index (κ2) is 8.22. The van der Waals surface area contributed by atoms with Gasteiger partial charge in [0.2, 0.25) is 0 Å². The minimum absolute atomic E-state index is 0.0207. The van der Waals surface area contributed by atoms with Gasteiger partial charge in [-0.25, -0.2) is 15.1 Å². The molecule has 1 aliphatic rings. The van der Waals surface area contributed by atoms with Crippen LogP contribution in [0.15, 0.2) is 46.3 Å². The van der Waals surface area contributed by atoms with Crippen molar-refractivity contribution in [3.63, 3.8) is 0 Å². The molecule has 0 aromatic carbocycles. The van der Waals surface area contributed by atoms with Gasteiger partial charge in [0.25, 0.3) is 5.91 Å². The number of halogens is 3. The highest BCUT2D eigenvalue weighted by atomic mass is 19.4. The first-order chi connectivity index (χ1) is 16.8. The van der Waals surface area contributed by atoms with E-state index in [1.54, 1.807) is 19.2 Å². The van der Waals surface area contributed by atoms with Gasteiger partial charge in [0, 0.05) is 18.5 Å². The van der Waals surface area contributed by atoms with Crippen molar-refractivity contribution >= 4 is 34.7 Å². The Kier molecular flexibility index (Phi) is 5.18. The molecule has 5 rings (SSSR count). The first kappa shape index (κ1) is 22.0. The van der Waals surface area contributed by atoms with E-state index in [-0.39, 0.29) is 28.3 Å². The maximum atomic E-state index is 14.1. The van der Waals surface area contributed by atoms with Gasteiger partial charge in [0.05, 0.1) is 30.2 Å². The van der Waals surface area contributed by atoms with Crippen LogP contribution in [0.25, 0.3) is 16.8 Å². The predicted octanol–water partition coefficient (Wildman–Crippen LogP) is 3.17. The van der Waals surface area contributed by atoms with Crippen LogP contribution in [0.2, 0.25) is 0 Å². The Hall–Kier alpha value is -4.77. The van der Waals surface area contributed by atoms with E-state index in [1.165, 1.54) is 29.6 Å². The van der Waals surface area contributed by atoms with Crippen LogP contribution < -0.4 is 15.9 Å². The fraction of sp³-hybridized carbons (Fsp3) is 0.143. The van der Waals surface area contributed by atoms with Gasteiger partial charge in [-0.15, -0.1) is 0 Å². The van der Waals surface area contributed by atoms with Gasteiger partial charge in [-0.2, -0.15) is 33.8 Å². The highest BCUT2D eigenvalue weighted by Crippen LogP contribution is 2.36. The summed E-state index contributed by atoms with van der Waals surface area (Å²) in [5, 5.41) is 20.9. The molecule has 0 radical (unpaired) electrons. The lowest BCUT2D eigenvalue weighted by Crippen LogP contribution is -2.29. The molecule has 5 heterocycles. The third-order valence-corrected chi connectivity index (χ3v) is 5.00. The summed E-state index contributed by atoms with van der Waals surface area (Å²) in [6.07, 6.45) is -0.0191. The molecule has 35 heavy (non-hydrogen) atoms. The maximum absolute atomic E-state index is 14.1. The Morgan fingerprint density at radius 3 is 2.83 bits per heavy atom. The highest BCUT2D eigenvalue weighted by molar-refractivity contribution is 6.05. The zero-order valence-corrected chi connectivity index (χ0v) is 17.8. The summed E-state index contributed by atoms with van der Waals surface area (Å²) in [5.41, 5.74) is 1.33. The van der Waals surface area contributed by atoms with Gasteiger partial charge in [0.1, 0.15) is 28.6 Å². The zero-order chi connectivity index (χ0) is 24.7. The van der Waals surface area contributed by atoms with E-state index < -0.39 is 23.3 Å². The lowest BCUT2D eigenvalue weighted by Gasteiger charge is -2.15. The summed E-state index contributed by atoms with van der Waals surface area (Å²) < 4.78 is 48.4. The summed E-state index contributed by atoms with van der Waals surface area (Å²) in [4.78, 5) is 21.1. The Morgan fingerprint density at radius 1 is 1.29 bits per heavy atom. The number of carbonyl (C=O) groups is 1. The van der Waals surface area contributed by atoms with Crippen LogP contribution in [-0.2, 0) is 6.18 Å². The number of anilines is 2. The summed E-state index contributed by atoms with van der Waals surface area (Å²) in [7, 11) is 0. The molecular weight excluding hydrogens is 467 g/mol. The Morgan fingerprint density at radius 2 is 2.11 bits per heavy atom. The van der Waals surface area contributed by atoms with Crippen molar-refractivity contribution in [3.05, 3.63) is 59.4 Å². The van der Waals surface area contributed by atoms with Crippen LogP contribution in [0.1, 0.15) is 27.4 Å². The predicted molar refractivity (Wildman–Crippen MR) is 117 cm³/mol.